The zero-order valence-electron chi connectivity index (χ0n) is 15.0. The summed E-state index contributed by atoms with van der Waals surface area (Å²) in [6, 6.07) is 5.54. The first-order valence-electron chi connectivity index (χ1n) is 8.34. The lowest BCUT2D eigenvalue weighted by atomic mass is 10.00. The molecule has 8 nitrogen and oxygen atoms in total. The molecule has 3 N–H and O–H groups in total. The van der Waals surface area contributed by atoms with E-state index in [1.165, 1.54) is 6.33 Å². The summed E-state index contributed by atoms with van der Waals surface area (Å²) < 4.78 is 11.1. The zero-order chi connectivity index (χ0) is 18.9. The van der Waals surface area contributed by atoms with Crippen molar-refractivity contribution in [3.63, 3.8) is 0 Å². The van der Waals surface area contributed by atoms with Gasteiger partial charge in [-0.1, -0.05) is 6.07 Å². The Morgan fingerprint density at radius 3 is 2.81 bits per heavy atom. The SMILES string of the molecule is CC(C)(C)OC(=O)N1CCc2cc(Oc3nc[nH]c(=O)c3N)ccc2C1. The van der Waals surface area contributed by atoms with Crippen molar-refractivity contribution in [1.29, 1.82) is 0 Å². The molecule has 8 heteroatoms. The summed E-state index contributed by atoms with van der Waals surface area (Å²) in [5.41, 5.74) is 6.75. The minimum Gasteiger partial charge on any atom is -0.444 e. The molecule has 1 aromatic carbocycles. The number of H-pyrrole nitrogens is 1. The quantitative estimate of drug-likeness (QED) is 0.853. The molecule has 1 aliphatic heterocycles. The molecule has 0 saturated heterocycles. The third kappa shape index (κ3) is 3.96. The van der Waals surface area contributed by atoms with E-state index in [0.29, 0.717) is 25.3 Å². The maximum absolute atomic E-state index is 12.2. The van der Waals surface area contributed by atoms with Gasteiger partial charge in [0.05, 0.1) is 6.33 Å². The monoisotopic (exact) mass is 358 g/mol. The largest absolute Gasteiger partial charge is 0.444 e. The number of carbonyl (C=O) groups is 1. The molecule has 0 atom stereocenters. The second-order valence-electron chi connectivity index (χ2n) is 7.13. The van der Waals surface area contributed by atoms with Gasteiger partial charge in [0.2, 0.25) is 5.88 Å². The average Bonchev–Trinajstić information content (AvgIpc) is 2.57. The first kappa shape index (κ1) is 17.8. The van der Waals surface area contributed by atoms with Crippen LogP contribution in [0.15, 0.2) is 29.3 Å². The Labute approximate surface area is 150 Å². The molecule has 2 aromatic rings. The number of carbonyl (C=O) groups excluding carboxylic acids is 1. The summed E-state index contributed by atoms with van der Waals surface area (Å²) in [6.07, 6.45) is 1.61. The lowest BCUT2D eigenvalue weighted by Gasteiger charge is -2.31. The van der Waals surface area contributed by atoms with Gasteiger partial charge in [-0.3, -0.25) is 4.79 Å². The van der Waals surface area contributed by atoms with E-state index in [0.717, 1.165) is 11.1 Å². The molecule has 0 saturated carbocycles. The number of fused-ring (bicyclic) bond motifs is 1. The molecular weight excluding hydrogens is 336 g/mol. The van der Waals surface area contributed by atoms with E-state index < -0.39 is 11.2 Å². The Bertz CT molecular complexity index is 885. The van der Waals surface area contributed by atoms with Crippen molar-refractivity contribution in [2.75, 3.05) is 12.3 Å². The number of rotatable bonds is 2. The van der Waals surface area contributed by atoms with Gasteiger partial charge in [0.15, 0.2) is 5.69 Å². The predicted octanol–water partition coefficient (Wildman–Crippen LogP) is 2.44. The van der Waals surface area contributed by atoms with Crippen molar-refractivity contribution >= 4 is 11.8 Å². The average molecular weight is 358 g/mol. The van der Waals surface area contributed by atoms with Crippen molar-refractivity contribution in [2.24, 2.45) is 0 Å². The number of nitrogen functional groups attached to an aromatic ring is 1. The van der Waals surface area contributed by atoms with Crippen molar-refractivity contribution in [1.82, 2.24) is 14.9 Å². The Kier molecular flexibility index (Phi) is 4.58. The van der Waals surface area contributed by atoms with E-state index in [1.807, 2.05) is 32.9 Å². The van der Waals surface area contributed by atoms with Crippen LogP contribution >= 0.6 is 0 Å². The van der Waals surface area contributed by atoms with Gasteiger partial charge in [-0.25, -0.2) is 9.78 Å². The van der Waals surface area contributed by atoms with Crippen LogP contribution in [0.2, 0.25) is 0 Å². The van der Waals surface area contributed by atoms with E-state index in [9.17, 15) is 9.59 Å². The number of aromatic amines is 1. The van der Waals surface area contributed by atoms with Gasteiger partial charge in [-0.05, 0) is 50.5 Å². The smallest absolute Gasteiger partial charge is 0.410 e. The second-order valence-corrected chi connectivity index (χ2v) is 7.13. The molecule has 0 bridgehead atoms. The maximum atomic E-state index is 12.2. The fourth-order valence-corrected chi connectivity index (χ4v) is 2.66. The Hall–Kier alpha value is -3.03. The molecule has 0 unspecified atom stereocenters. The number of amides is 1. The van der Waals surface area contributed by atoms with Crippen LogP contribution in [0, 0.1) is 0 Å². The third-order valence-electron chi connectivity index (χ3n) is 3.91. The third-order valence-corrected chi connectivity index (χ3v) is 3.91. The molecule has 1 amide bonds. The highest BCUT2D eigenvalue weighted by Gasteiger charge is 2.26. The summed E-state index contributed by atoms with van der Waals surface area (Å²) >= 11 is 0. The van der Waals surface area contributed by atoms with E-state index in [2.05, 4.69) is 9.97 Å². The van der Waals surface area contributed by atoms with E-state index >= 15 is 0 Å². The summed E-state index contributed by atoms with van der Waals surface area (Å²) in [6.45, 7) is 6.59. The molecule has 1 aromatic heterocycles. The molecule has 0 aliphatic carbocycles. The van der Waals surface area contributed by atoms with Crippen LogP contribution < -0.4 is 16.0 Å². The molecule has 2 heterocycles. The van der Waals surface area contributed by atoms with Crippen molar-refractivity contribution in [2.45, 2.75) is 39.3 Å². The van der Waals surface area contributed by atoms with Crippen LogP contribution in [0.25, 0.3) is 0 Å². The zero-order valence-corrected chi connectivity index (χ0v) is 15.0. The Morgan fingerprint density at radius 1 is 1.31 bits per heavy atom. The molecule has 3 rings (SSSR count). The van der Waals surface area contributed by atoms with Gasteiger partial charge in [0.1, 0.15) is 11.4 Å². The van der Waals surface area contributed by atoms with Gasteiger partial charge in [-0.2, -0.15) is 0 Å². The molecule has 0 radical (unpaired) electrons. The molecule has 0 fully saturated rings. The summed E-state index contributed by atoms with van der Waals surface area (Å²) in [7, 11) is 0. The lowest BCUT2D eigenvalue weighted by Crippen LogP contribution is -2.39. The van der Waals surface area contributed by atoms with Gasteiger partial charge in [0, 0.05) is 13.1 Å². The second kappa shape index (κ2) is 6.70. The summed E-state index contributed by atoms with van der Waals surface area (Å²) in [4.78, 5) is 31.8. The van der Waals surface area contributed by atoms with Gasteiger partial charge in [-0.15, -0.1) is 0 Å². The molecular formula is C18H22N4O4. The highest BCUT2D eigenvalue weighted by Crippen LogP contribution is 2.28. The van der Waals surface area contributed by atoms with Gasteiger partial charge < -0.3 is 25.1 Å². The number of benzene rings is 1. The first-order chi connectivity index (χ1) is 12.2. The van der Waals surface area contributed by atoms with Crippen LogP contribution in [0.3, 0.4) is 0 Å². The first-order valence-corrected chi connectivity index (χ1v) is 8.34. The van der Waals surface area contributed by atoms with Crippen molar-refractivity contribution in [3.8, 4) is 11.6 Å². The fraction of sp³-hybridized carbons (Fsp3) is 0.389. The van der Waals surface area contributed by atoms with Crippen LogP contribution in [-0.4, -0.2) is 33.1 Å². The van der Waals surface area contributed by atoms with Crippen LogP contribution in [0.4, 0.5) is 10.5 Å². The number of hydrogen-bond donors (Lipinski definition) is 2. The van der Waals surface area contributed by atoms with Crippen LogP contribution in [0.1, 0.15) is 31.9 Å². The number of ether oxygens (including phenoxy) is 2. The van der Waals surface area contributed by atoms with E-state index in [1.54, 1.807) is 11.0 Å². The maximum Gasteiger partial charge on any atom is 0.410 e. The fourth-order valence-electron chi connectivity index (χ4n) is 2.66. The summed E-state index contributed by atoms with van der Waals surface area (Å²) in [5.74, 6) is 0.610. The standard InChI is InChI=1S/C18H22N4O4/c1-18(2,3)26-17(24)22-7-6-11-8-13(5-4-12(11)9-22)25-16-14(19)15(23)20-10-21-16/h4-5,8,10H,6-7,9,19H2,1-3H3,(H,20,21,23). The van der Waals surface area contributed by atoms with Crippen molar-refractivity contribution in [3.05, 3.63) is 46.0 Å². The van der Waals surface area contributed by atoms with Crippen LogP contribution in [0.5, 0.6) is 11.6 Å². The molecule has 1 aliphatic rings. The number of nitrogens with zero attached hydrogens (tertiary/aromatic N) is 2. The molecule has 0 spiro atoms. The van der Waals surface area contributed by atoms with Gasteiger partial charge >= 0.3 is 6.09 Å². The Balaban J connectivity index is 1.74. The van der Waals surface area contributed by atoms with Crippen molar-refractivity contribution < 1.29 is 14.3 Å². The van der Waals surface area contributed by atoms with E-state index in [4.69, 9.17) is 15.2 Å². The number of nitrogens with one attached hydrogen (secondary N) is 1. The highest BCUT2D eigenvalue weighted by atomic mass is 16.6. The van der Waals surface area contributed by atoms with Gasteiger partial charge in [0.25, 0.3) is 5.56 Å². The molecule has 138 valence electrons. The number of aromatic nitrogens is 2. The minimum absolute atomic E-state index is 0.0682. The normalized spacial score (nSPS) is 13.9. The number of hydrogen-bond acceptors (Lipinski definition) is 6. The predicted molar refractivity (Wildman–Crippen MR) is 96.1 cm³/mol. The lowest BCUT2D eigenvalue weighted by molar-refractivity contribution is 0.0224. The van der Waals surface area contributed by atoms with Crippen LogP contribution in [-0.2, 0) is 17.7 Å². The topological polar surface area (TPSA) is 111 Å². The molecule has 26 heavy (non-hydrogen) atoms. The number of anilines is 1. The Morgan fingerprint density at radius 2 is 2.08 bits per heavy atom. The number of nitrogens with two attached hydrogens (primary N) is 1. The highest BCUT2D eigenvalue weighted by molar-refractivity contribution is 5.68. The minimum atomic E-state index is -0.518. The van der Waals surface area contributed by atoms with E-state index in [-0.39, 0.29) is 17.7 Å². The summed E-state index contributed by atoms with van der Waals surface area (Å²) in [5, 5.41) is 0.